The van der Waals surface area contributed by atoms with E-state index < -0.39 is 0 Å². The lowest BCUT2D eigenvalue weighted by Gasteiger charge is -2.36. The topological polar surface area (TPSA) is 73.7 Å². The summed E-state index contributed by atoms with van der Waals surface area (Å²) in [6.45, 7) is 7.76. The highest BCUT2D eigenvalue weighted by atomic mass is 16.2. The summed E-state index contributed by atoms with van der Waals surface area (Å²) in [5.41, 5.74) is 0. The Morgan fingerprint density at radius 1 is 1.28 bits per heavy atom. The number of hydrogen-bond acceptors (Lipinski definition) is 4. The Bertz CT molecular complexity index is 620. The number of nitrogens with one attached hydrogen (secondary N) is 1. The molecular weight excluding hydrogens is 320 g/mol. The number of nitrogens with zero attached hydrogens (tertiary/aromatic N) is 5. The molecule has 2 aliphatic heterocycles. The fourth-order valence-corrected chi connectivity index (χ4v) is 3.61. The van der Waals surface area contributed by atoms with Crippen LogP contribution in [0.3, 0.4) is 0 Å². The molecule has 3 rings (SSSR count). The van der Waals surface area contributed by atoms with E-state index >= 15 is 0 Å². The van der Waals surface area contributed by atoms with E-state index in [9.17, 15) is 9.59 Å². The zero-order valence-corrected chi connectivity index (χ0v) is 15.3. The molecule has 2 aliphatic rings. The molecule has 0 atom stereocenters. The minimum absolute atomic E-state index is 0.0159. The second kappa shape index (κ2) is 7.43. The molecule has 1 N–H and O–H groups in total. The van der Waals surface area contributed by atoms with Gasteiger partial charge < -0.3 is 15.1 Å². The predicted octanol–water partition coefficient (Wildman–Crippen LogP) is 1.23. The summed E-state index contributed by atoms with van der Waals surface area (Å²) < 4.78 is 1.81. The maximum Gasteiger partial charge on any atom is 0.320 e. The standard InChI is InChI=1S/C17H28N6O2/c1-13(2)23-15(4-7-18-23)19-16(24)12-21-8-5-14(6-9-21)22-11-10-20(3)17(22)25/h4,7,13-14H,5-6,8-12H2,1-3H3,(H,19,24). The Morgan fingerprint density at radius 3 is 2.60 bits per heavy atom. The van der Waals surface area contributed by atoms with Gasteiger partial charge >= 0.3 is 6.03 Å². The van der Waals surface area contributed by atoms with Gasteiger partial charge in [-0.25, -0.2) is 9.48 Å². The van der Waals surface area contributed by atoms with Crippen molar-refractivity contribution in [2.75, 3.05) is 45.1 Å². The highest BCUT2D eigenvalue weighted by Crippen LogP contribution is 2.21. The number of piperidine rings is 1. The molecule has 0 unspecified atom stereocenters. The summed E-state index contributed by atoms with van der Waals surface area (Å²) in [6.07, 6.45) is 3.55. The molecule has 138 valence electrons. The molecule has 8 nitrogen and oxygen atoms in total. The average Bonchev–Trinajstić information content (AvgIpc) is 3.16. The van der Waals surface area contributed by atoms with Crippen LogP contribution in [0.4, 0.5) is 10.6 Å². The first-order valence-corrected chi connectivity index (χ1v) is 9.03. The van der Waals surface area contributed by atoms with Gasteiger partial charge in [0.2, 0.25) is 5.91 Å². The van der Waals surface area contributed by atoms with Crippen molar-refractivity contribution in [3.8, 4) is 0 Å². The van der Waals surface area contributed by atoms with Gasteiger partial charge in [-0.05, 0) is 26.7 Å². The van der Waals surface area contributed by atoms with E-state index in [0.717, 1.165) is 44.8 Å². The van der Waals surface area contributed by atoms with Crippen LogP contribution in [0.2, 0.25) is 0 Å². The number of rotatable bonds is 5. The minimum atomic E-state index is -0.0159. The molecule has 0 radical (unpaired) electrons. The van der Waals surface area contributed by atoms with Crippen LogP contribution in [0.1, 0.15) is 32.7 Å². The van der Waals surface area contributed by atoms with Crippen LogP contribution in [0, 0.1) is 0 Å². The first-order chi connectivity index (χ1) is 12.0. The predicted molar refractivity (Wildman–Crippen MR) is 95.4 cm³/mol. The summed E-state index contributed by atoms with van der Waals surface area (Å²) in [6, 6.07) is 2.47. The summed E-state index contributed by atoms with van der Waals surface area (Å²) in [4.78, 5) is 30.3. The normalized spacial score (nSPS) is 19.9. The molecule has 3 heterocycles. The van der Waals surface area contributed by atoms with E-state index in [1.54, 1.807) is 15.8 Å². The number of urea groups is 1. The van der Waals surface area contributed by atoms with Crippen LogP contribution in [-0.4, -0.2) is 82.2 Å². The van der Waals surface area contributed by atoms with Gasteiger partial charge in [0.1, 0.15) is 5.82 Å². The van der Waals surface area contributed by atoms with Crippen molar-refractivity contribution >= 4 is 17.8 Å². The van der Waals surface area contributed by atoms with Crippen molar-refractivity contribution in [3.05, 3.63) is 12.3 Å². The van der Waals surface area contributed by atoms with Gasteiger partial charge in [-0.2, -0.15) is 5.10 Å². The van der Waals surface area contributed by atoms with Crippen molar-refractivity contribution in [2.45, 2.75) is 38.8 Å². The van der Waals surface area contributed by atoms with Gasteiger partial charge in [0.15, 0.2) is 0 Å². The first kappa shape index (κ1) is 17.7. The molecule has 25 heavy (non-hydrogen) atoms. The largest absolute Gasteiger partial charge is 0.326 e. The lowest BCUT2D eigenvalue weighted by molar-refractivity contribution is -0.117. The Kier molecular flexibility index (Phi) is 5.27. The average molecular weight is 348 g/mol. The molecule has 0 spiro atoms. The summed E-state index contributed by atoms with van der Waals surface area (Å²) in [5, 5.41) is 7.18. The number of likely N-dealkylation sites (tertiary alicyclic amines) is 1. The quantitative estimate of drug-likeness (QED) is 0.869. The van der Waals surface area contributed by atoms with Gasteiger partial charge in [0.05, 0.1) is 12.7 Å². The fraction of sp³-hybridized carbons (Fsp3) is 0.706. The number of amides is 3. The highest BCUT2D eigenvalue weighted by Gasteiger charge is 2.33. The highest BCUT2D eigenvalue weighted by molar-refractivity contribution is 5.91. The number of likely N-dealkylation sites (N-methyl/N-ethyl adjacent to an activating group) is 1. The van der Waals surface area contributed by atoms with Gasteiger partial charge in [0.25, 0.3) is 0 Å². The zero-order valence-electron chi connectivity index (χ0n) is 15.3. The number of aromatic nitrogens is 2. The second-order valence-corrected chi connectivity index (χ2v) is 7.21. The smallest absolute Gasteiger partial charge is 0.320 e. The van der Waals surface area contributed by atoms with Crippen molar-refractivity contribution in [2.24, 2.45) is 0 Å². The first-order valence-electron chi connectivity index (χ1n) is 9.03. The van der Waals surface area contributed by atoms with Crippen LogP contribution in [0.25, 0.3) is 0 Å². The third kappa shape index (κ3) is 3.95. The maximum absolute atomic E-state index is 12.3. The molecule has 0 aliphatic carbocycles. The molecule has 0 bridgehead atoms. The molecule has 3 amide bonds. The molecule has 0 aromatic carbocycles. The monoisotopic (exact) mass is 348 g/mol. The van der Waals surface area contributed by atoms with Gasteiger partial charge in [0, 0.05) is 51.4 Å². The molecule has 1 aromatic rings. The minimum Gasteiger partial charge on any atom is -0.326 e. The SMILES string of the molecule is CC(C)n1nccc1NC(=O)CN1CCC(N2CCN(C)C2=O)CC1. The fourth-order valence-electron chi connectivity index (χ4n) is 3.61. The zero-order chi connectivity index (χ0) is 18.0. The van der Waals surface area contributed by atoms with Crippen LogP contribution in [0.15, 0.2) is 12.3 Å². The second-order valence-electron chi connectivity index (χ2n) is 7.21. The Labute approximate surface area is 148 Å². The molecule has 1 aromatic heterocycles. The van der Waals surface area contributed by atoms with E-state index in [2.05, 4.69) is 15.3 Å². The number of carbonyl (C=O) groups is 2. The van der Waals surface area contributed by atoms with Crippen LogP contribution in [0.5, 0.6) is 0 Å². The van der Waals surface area contributed by atoms with E-state index in [1.807, 2.05) is 31.9 Å². The van der Waals surface area contributed by atoms with Crippen molar-refractivity contribution in [1.82, 2.24) is 24.5 Å². The van der Waals surface area contributed by atoms with Crippen LogP contribution in [-0.2, 0) is 4.79 Å². The Balaban J connectivity index is 1.46. The van der Waals surface area contributed by atoms with E-state index in [4.69, 9.17) is 0 Å². The van der Waals surface area contributed by atoms with Gasteiger partial charge in [-0.3, -0.25) is 9.69 Å². The lowest BCUT2D eigenvalue weighted by Crippen LogP contribution is -2.47. The molecule has 2 fully saturated rings. The molecule has 8 heteroatoms. The van der Waals surface area contributed by atoms with Crippen LogP contribution < -0.4 is 5.32 Å². The number of hydrogen-bond donors (Lipinski definition) is 1. The molecule has 2 saturated heterocycles. The van der Waals surface area contributed by atoms with Crippen molar-refractivity contribution in [3.63, 3.8) is 0 Å². The third-order valence-electron chi connectivity index (χ3n) is 5.04. The van der Waals surface area contributed by atoms with E-state index in [0.29, 0.717) is 12.6 Å². The summed E-state index contributed by atoms with van der Waals surface area (Å²) >= 11 is 0. The van der Waals surface area contributed by atoms with E-state index in [-0.39, 0.29) is 18.0 Å². The van der Waals surface area contributed by atoms with Crippen LogP contribution >= 0.6 is 0 Å². The van der Waals surface area contributed by atoms with Crippen molar-refractivity contribution in [1.29, 1.82) is 0 Å². The Morgan fingerprint density at radius 2 is 2.00 bits per heavy atom. The third-order valence-corrected chi connectivity index (χ3v) is 5.04. The van der Waals surface area contributed by atoms with Crippen molar-refractivity contribution < 1.29 is 9.59 Å². The Hall–Kier alpha value is -2.09. The summed E-state index contributed by atoms with van der Waals surface area (Å²) in [5.74, 6) is 0.721. The molecular formula is C17H28N6O2. The molecule has 0 saturated carbocycles. The summed E-state index contributed by atoms with van der Waals surface area (Å²) in [7, 11) is 1.85. The number of anilines is 1. The maximum atomic E-state index is 12.3. The number of carbonyl (C=O) groups excluding carboxylic acids is 2. The van der Waals surface area contributed by atoms with E-state index in [1.165, 1.54) is 0 Å². The van der Waals surface area contributed by atoms with Gasteiger partial charge in [-0.1, -0.05) is 0 Å². The van der Waals surface area contributed by atoms with Gasteiger partial charge in [-0.15, -0.1) is 0 Å². The lowest BCUT2D eigenvalue weighted by atomic mass is 10.0.